The highest BCUT2D eigenvalue weighted by Crippen LogP contribution is 2.20. The summed E-state index contributed by atoms with van der Waals surface area (Å²) < 4.78 is 5.85. The van der Waals surface area contributed by atoms with Gasteiger partial charge in [0.1, 0.15) is 11.9 Å². The fraction of sp³-hybridized carbons (Fsp3) is 0.667. The highest BCUT2D eigenvalue weighted by molar-refractivity contribution is 7.09. The molecule has 1 atom stereocenters. The van der Waals surface area contributed by atoms with Crippen LogP contribution in [0.4, 0.5) is 0 Å². The molecule has 120 valence electrons. The molecule has 1 aliphatic heterocycles. The molecule has 0 aliphatic carbocycles. The minimum absolute atomic E-state index is 0.0156. The molecule has 0 aromatic carbocycles. The van der Waals surface area contributed by atoms with Gasteiger partial charge in [-0.15, -0.1) is 11.3 Å². The normalized spacial score (nSPS) is 19.6. The Hall–Kier alpha value is -1.31. The number of morpholine rings is 1. The number of hydrogen-bond acceptors (Lipinski definition) is 6. The lowest BCUT2D eigenvalue weighted by Gasteiger charge is -2.31. The summed E-state index contributed by atoms with van der Waals surface area (Å²) in [6.45, 7) is 7.83. The molecule has 0 bridgehead atoms. The van der Waals surface area contributed by atoms with Gasteiger partial charge in [-0.05, 0) is 19.8 Å². The molecule has 0 spiro atoms. The fourth-order valence-corrected chi connectivity index (χ4v) is 3.46. The number of nitrogens with one attached hydrogen (secondary N) is 1. The molecule has 0 radical (unpaired) electrons. The molecule has 3 heterocycles. The van der Waals surface area contributed by atoms with Gasteiger partial charge in [-0.1, -0.05) is 6.92 Å². The Bertz CT molecular complexity index is 596. The number of hydrogen-bond donors (Lipinski definition) is 1. The number of aryl methyl sites for hydroxylation is 2. The van der Waals surface area contributed by atoms with Crippen molar-refractivity contribution in [3.05, 3.63) is 27.7 Å². The highest BCUT2D eigenvalue weighted by atomic mass is 32.1. The molecule has 1 fully saturated rings. The van der Waals surface area contributed by atoms with E-state index >= 15 is 0 Å². The Labute approximate surface area is 134 Å². The summed E-state index contributed by atoms with van der Waals surface area (Å²) in [7, 11) is 0. The molecule has 22 heavy (non-hydrogen) atoms. The van der Waals surface area contributed by atoms with Gasteiger partial charge in [0.25, 0.3) is 0 Å². The van der Waals surface area contributed by atoms with Gasteiger partial charge in [-0.3, -0.25) is 10.00 Å². The largest absolute Gasteiger partial charge is 0.367 e. The van der Waals surface area contributed by atoms with Crippen molar-refractivity contribution in [3.63, 3.8) is 0 Å². The quantitative estimate of drug-likeness (QED) is 0.883. The Balaban J connectivity index is 1.55. The first-order chi connectivity index (χ1) is 10.8. The fourth-order valence-electron chi connectivity index (χ4n) is 2.69. The second kappa shape index (κ2) is 7.30. The van der Waals surface area contributed by atoms with E-state index in [9.17, 15) is 0 Å². The predicted molar refractivity (Wildman–Crippen MR) is 86.1 cm³/mol. The van der Waals surface area contributed by atoms with Gasteiger partial charge in [0, 0.05) is 30.9 Å². The minimum Gasteiger partial charge on any atom is -0.367 e. The lowest BCUT2D eigenvalue weighted by Crippen LogP contribution is -2.39. The lowest BCUT2D eigenvalue weighted by atomic mass is 10.2. The molecule has 3 rings (SSSR count). The van der Waals surface area contributed by atoms with E-state index in [1.807, 2.05) is 5.51 Å². The van der Waals surface area contributed by atoms with Crippen LogP contribution in [0.2, 0.25) is 0 Å². The average Bonchev–Trinajstić information content (AvgIpc) is 3.15. The zero-order valence-electron chi connectivity index (χ0n) is 13.2. The second-order valence-electron chi connectivity index (χ2n) is 5.66. The van der Waals surface area contributed by atoms with Crippen LogP contribution in [0.5, 0.6) is 0 Å². The predicted octanol–water partition coefficient (Wildman–Crippen LogP) is 2.14. The van der Waals surface area contributed by atoms with Crippen LogP contribution in [0.1, 0.15) is 41.7 Å². The van der Waals surface area contributed by atoms with E-state index in [-0.39, 0.29) is 6.10 Å². The minimum atomic E-state index is -0.0156. The van der Waals surface area contributed by atoms with E-state index < -0.39 is 0 Å². The smallest absolute Gasteiger partial charge is 0.180 e. The number of H-pyrrole nitrogens is 1. The van der Waals surface area contributed by atoms with Gasteiger partial charge in [-0.2, -0.15) is 5.10 Å². The van der Waals surface area contributed by atoms with Crippen LogP contribution in [0.15, 0.2) is 5.51 Å². The SMILES string of the molecule is CCCc1nc([C@@H]2CN(CCc3scnc3C)CCO2)n[nH]1. The lowest BCUT2D eigenvalue weighted by molar-refractivity contribution is -0.0337. The first-order valence-electron chi connectivity index (χ1n) is 7.90. The van der Waals surface area contributed by atoms with Crippen molar-refractivity contribution in [2.75, 3.05) is 26.2 Å². The van der Waals surface area contributed by atoms with E-state index in [0.717, 1.165) is 62.8 Å². The molecule has 0 saturated carbocycles. The second-order valence-corrected chi connectivity index (χ2v) is 6.60. The summed E-state index contributed by atoms with van der Waals surface area (Å²) in [5, 5.41) is 7.34. The zero-order chi connectivity index (χ0) is 15.4. The molecule has 0 unspecified atom stereocenters. The maximum Gasteiger partial charge on any atom is 0.180 e. The van der Waals surface area contributed by atoms with Crippen LogP contribution in [-0.2, 0) is 17.6 Å². The van der Waals surface area contributed by atoms with E-state index in [0.29, 0.717) is 0 Å². The van der Waals surface area contributed by atoms with Crippen LogP contribution in [0, 0.1) is 6.92 Å². The van der Waals surface area contributed by atoms with E-state index in [1.165, 1.54) is 4.88 Å². The summed E-state index contributed by atoms with van der Waals surface area (Å²) in [4.78, 5) is 12.7. The van der Waals surface area contributed by atoms with Crippen LogP contribution < -0.4 is 0 Å². The van der Waals surface area contributed by atoms with Crippen molar-refractivity contribution in [2.45, 2.75) is 39.2 Å². The van der Waals surface area contributed by atoms with Crippen LogP contribution in [0.3, 0.4) is 0 Å². The zero-order valence-corrected chi connectivity index (χ0v) is 14.0. The van der Waals surface area contributed by atoms with Crippen molar-refractivity contribution < 1.29 is 4.74 Å². The summed E-state index contributed by atoms with van der Waals surface area (Å²) in [5.74, 6) is 1.75. The van der Waals surface area contributed by atoms with Gasteiger partial charge < -0.3 is 4.74 Å². The third-order valence-corrected chi connectivity index (χ3v) is 4.97. The monoisotopic (exact) mass is 321 g/mol. The Morgan fingerprint density at radius 2 is 2.36 bits per heavy atom. The first kappa shape index (κ1) is 15.6. The Morgan fingerprint density at radius 3 is 3.14 bits per heavy atom. The number of thiazole rings is 1. The number of nitrogens with zero attached hydrogens (tertiary/aromatic N) is 4. The molecule has 0 amide bonds. The molecule has 1 saturated heterocycles. The van der Waals surface area contributed by atoms with Crippen LogP contribution >= 0.6 is 11.3 Å². The molecular formula is C15H23N5OS. The van der Waals surface area contributed by atoms with Gasteiger partial charge in [0.15, 0.2) is 5.82 Å². The summed E-state index contributed by atoms with van der Waals surface area (Å²) in [6, 6.07) is 0. The van der Waals surface area contributed by atoms with Crippen molar-refractivity contribution in [3.8, 4) is 0 Å². The average molecular weight is 321 g/mol. The first-order valence-corrected chi connectivity index (χ1v) is 8.78. The molecule has 1 aliphatic rings. The Morgan fingerprint density at radius 1 is 1.45 bits per heavy atom. The van der Waals surface area contributed by atoms with Gasteiger partial charge >= 0.3 is 0 Å². The maximum atomic E-state index is 5.85. The highest BCUT2D eigenvalue weighted by Gasteiger charge is 2.25. The summed E-state index contributed by atoms with van der Waals surface area (Å²) in [5.41, 5.74) is 3.09. The van der Waals surface area contributed by atoms with Crippen LogP contribution in [0.25, 0.3) is 0 Å². The number of rotatable bonds is 6. The number of aromatic amines is 1. The molecule has 6 nitrogen and oxygen atoms in total. The summed E-state index contributed by atoms with van der Waals surface area (Å²) in [6.07, 6.45) is 3.05. The van der Waals surface area contributed by atoms with Gasteiger partial charge in [0.2, 0.25) is 0 Å². The van der Waals surface area contributed by atoms with Crippen molar-refractivity contribution in [2.24, 2.45) is 0 Å². The molecule has 1 N–H and O–H groups in total. The third kappa shape index (κ3) is 3.71. The van der Waals surface area contributed by atoms with Crippen molar-refractivity contribution in [1.29, 1.82) is 0 Å². The van der Waals surface area contributed by atoms with Crippen molar-refractivity contribution in [1.82, 2.24) is 25.1 Å². The number of aromatic nitrogens is 4. The van der Waals surface area contributed by atoms with Crippen molar-refractivity contribution >= 4 is 11.3 Å². The Kier molecular flexibility index (Phi) is 5.17. The van der Waals surface area contributed by atoms with Gasteiger partial charge in [-0.25, -0.2) is 9.97 Å². The van der Waals surface area contributed by atoms with Crippen LogP contribution in [-0.4, -0.2) is 51.3 Å². The maximum absolute atomic E-state index is 5.85. The van der Waals surface area contributed by atoms with E-state index in [1.54, 1.807) is 11.3 Å². The van der Waals surface area contributed by atoms with E-state index in [2.05, 4.69) is 38.9 Å². The third-order valence-electron chi connectivity index (χ3n) is 3.97. The molecule has 7 heteroatoms. The van der Waals surface area contributed by atoms with Gasteiger partial charge in [0.05, 0.1) is 17.8 Å². The molecule has 2 aromatic rings. The standard InChI is InChI=1S/C15H23N5OS/c1-3-4-14-17-15(19-18-14)12-9-20(7-8-21-12)6-5-13-11(2)16-10-22-13/h10,12H,3-9H2,1-2H3,(H,17,18,19)/t12-/m0/s1. The topological polar surface area (TPSA) is 66.9 Å². The van der Waals surface area contributed by atoms with E-state index in [4.69, 9.17) is 4.74 Å². The number of ether oxygens (including phenoxy) is 1. The molecular weight excluding hydrogens is 298 g/mol. The molecule has 2 aromatic heterocycles. The summed E-state index contributed by atoms with van der Waals surface area (Å²) >= 11 is 1.75.